The molecule has 1 aliphatic rings. The number of nitrogens with zero attached hydrogens (tertiary/aromatic N) is 1. The third-order valence-electron chi connectivity index (χ3n) is 3.57. The number of pyridine rings is 1. The molecule has 1 aromatic heterocycles. The highest BCUT2D eigenvalue weighted by atomic mass is 16.7. The van der Waals surface area contributed by atoms with E-state index in [9.17, 15) is 0 Å². The second-order valence-electron chi connectivity index (χ2n) is 5.38. The molecule has 0 radical (unpaired) electrons. The molecule has 0 spiro atoms. The molecule has 3 nitrogen and oxygen atoms in total. The molecule has 0 bridgehead atoms. The largest absolute Gasteiger partial charge is 0.496 e. The third-order valence-corrected chi connectivity index (χ3v) is 3.57. The highest BCUT2D eigenvalue weighted by Gasteiger charge is 2.51. The molecule has 0 atom stereocenters. The topological polar surface area (TPSA) is 31.4 Å². The molecule has 0 aromatic carbocycles. The number of hydrogen-bond donors (Lipinski definition) is 0. The van der Waals surface area contributed by atoms with Crippen molar-refractivity contribution < 1.29 is 20.3 Å². The van der Waals surface area contributed by atoms with Crippen LogP contribution in [0, 0.1) is 6.85 Å². The van der Waals surface area contributed by atoms with E-state index in [4.69, 9.17) is 20.3 Å². The Morgan fingerprint density at radius 1 is 1.33 bits per heavy atom. The lowest BCUT2D eigenvalue weighted by Crippen LogP contribution is -2.41. The molecule has 1 fully saturated rings. The summed E-state index contributed by atoms with van der Waals surface area (Å²) in [5.74, 6) is 0. The van der Waals surface area contributed by atoms with Gasteiger partial charge in [-0.1, -0.05) is 12.9 Å². The summed E-state index contributed by atoms with van der Waals surface area (Å²) in [5.41, 5.74) is -2.16. The van der Waals surface area contributed by atoms with E-state index in [0.29, 0.717) is 0 Å². The van der Waals surface area contributed by atoms with Crippen LogP contribution in [0.5, 0.6) is 0 Å². The Bertz CT molecular complexity index is 683. The fraction of sp³-hybridized carbons (Fsp3) is 0.643. The van der Waals surface area contributed by atoms with Gasteiger partial charge in [0.2, 0.25) is 0 Å². The van der Waals surface area contributed by atoms with Crippen molar-refractivity contribution in [3.63, 3.8) is 0 Å². The highest BCUT2D eigenvalue weighted by molar-refractivity contribution is 6.62. The Morgan fingerprint density at radius 3 is 2.56 bits per heavy atom. The number of aryl methyl sites for hydroxylation is 2. The Hall–Kier alpha value is -0.865. The van der Waals surface area contributed by atoms with Crippen molar-refractivity contribution in [3.8, 4) is 0 Å². The van der Waals surface area contributed by atoms with E-state index < -0.39 is 49.7 Å². The van der Waals surface area contributed by atoms with Gasteiger partial charge in [0.25, 0.3) is 0 Å². The predicted molar refractivity (Wildman–Crippen MR) is 74.1 cm³/mol. The number of hydrogen-bond acceptors (Lipinski definition) is 3. The second-order valence-corrected chi connectivity index (χ2v) is 5.38. The molecule has 2 heterocycles. The van der Waals surface area contributed by atoms with Crippen molar-refractivity contribution in [1.82, 2.24) is 4.98 Å². The smallest absolute Gasteiger partial charge is 0.399 e. The van der Waals surface area contributed by atoms with Gasteiger partial charge < -0.3 is 9.31 Å². The molecule has 4 heteroatoms. The number of rotatable bonds is 2. The van der Waals surface area contributed by atoms with Gasteiger partial charge in [0.1, 0.15) is 0 Å². The fourth-order valence-corrected chi connectivity index (χ4v) is 1.68. The summed E-state index contributed by atoms with van der Waals surface area (Å²) in [7, 11) is -0.913. The van der Waals surface area contributed by atoms with Crippen molar-refractivity contribution in [3.05, 3.63) is 23.5 Å². The molecule has 0 aliphatic carbocycles. The zero-order valence-electron chi connectivity index (χ0n) is 19.0. The first-order valence-electron chi connectivity index (χ1n) is 9.77. The van der Waals surface area contributed by atoms with Gasteiger partial charge in [-0.05, 0) is 46.5 Å². The van der Waals surface area contributed by atoms with Gasteiger partial charge in [-0.2, -0.15) is 0 Å². The zero-order valence-corrected chi connectivity index (χ0v) is 11.0. The summed E-state index contributed by atoms with van der Waals surface area (Å²) in [6.45, 7) is 1.50. The van der Waals surface area contributed by atoms with Gasteiger partial charge in [-0.15, -0.1) is 0 Å². The highest BCUT2D eigenvalue weighted by Crippen LogP contribution is 2.36. The van der Waals surface area contributed by atoms with Crippen molar-refractivity contribution in [2.24, 2.45) is 0 Å². The van der Waals surface area contributed by atoms with Crippen LogP contribution in [-0.2, 0) is 15.7 Å². The molecular weight excluding hydrogens is 225 g/mol. The van der Waals surface area contributed by atoms with Crippen LogP contribution in [0.25, 0.3) is 0 Å². The van der Waals surface area contributed by atoms with Crippen LogP contribution in [0.3, 0.4) is 0 Å². The Kier molecular flexibility index (Phi) is 1.58. The molecule has 0 amide bonds. The predicted octanol–water partition coefficient (Wildman–Crippen LogP) is 2.25. The first-order chi connectivity index (χ1) is 11.4. The van der Waals surface area contributed by atoms with Gasteiger partial charge in [0, 0.05) is 28.3 Å². The van der Waals surface area contributed by atoms with E-state index in [-0.39, 0.29) is 5.46 Å². The first kappa shape index (κ1) is 6.53. The van der Waals surface area contributed by atoms with E-state index in [1.807, 2.05) is 27.7 Å². The summed E-state index contributed by atoms with van der Waals surface area (Å²) in [5, 5.41) is 0. The first-order valence-corrected chi connectivity index (χ1v) is 5.77. The Balaban J connectivity index is 2.59. The van der Waals surface area contributed by atoms with E-state index >= 15 is 0 Å². The summed E-state index contributed by atoms with van der Waals surface area (Å²) in [6, 6.07) is 1.17. The molecule has 1 aromatic rings. The monoisotopic (exact) mass is 255 g/mol. The van der Waals surface area contributed by atoms with Crippen LogP contribution in [0.1, 0.15) is 56.8 Å². The maximum atomic E-state index is 8.00. The van der Waals surface area contributed by atoms with E-state index in [1.54, 1.807) is 0 Å². The minimum atomic E-state index is -3.07. The summed E-state index contributed by atoms with van der Waals surface area (Å²) < 4.78 is 72.8. The average Bonchev–Trinajstić information content (AvgIpc) is 2.64. The molecule has 0 saturated carbocycles. The molecule has 1 saturated heterocycles. The lowest BCUT2D eigenvalue weighted by molar-refractivity contribution is 0.00578. The summed E-state index contributed by atoms with van der Waals surface area (Å²) in [4.78, 5) is 3.86. The van der Waals surface area contributed by atoms with Crippen molar-refractivity contribution in [2.75, 3.05) is 0 Å². The van der Waals surface area contributed by atoms with Crippen molar-refractivity contribution in [1.29, 1.82) is 0 Å². The summed E-state index contributed by atoms with van der Waals surface area (Å²) in [6.07, 6.45) is -1.67. The maximum absolute atomic E-state index is 8.00. The van der Waals surface area contributed by atoms with Crippen molar-refractivity contribution >= 4 is 12.6 Å². The van der Waals surface area contributed by atoms with Crippen LogP contribution in [-0.4, -0.2) is 23.3 Å². The third kappa shape index (κ3) is 2.19. The summed E-state index contributed by atoms with van der Waals surface area (Å²) >= 11 is 0. The van der Waals surface area contributed by atoms with Gasteiger partial charge in [0.05, 0.1) is 11.2 Å². The van der Waals surface area contributed by atoms with E-state index in [1.165, 1.54) is 12.3 Å². The fourth-order valence-electron chi connectivity index (χ4n) is 1.68. The van der Waals surface area contributed by atoms with E-state index in [0.717, 1.165) is 0 Å². The van der Waals surface area contributed by atoms with Gasteiger partial charge in [-0.3, -0.25) is 4.98 Å². The molecule has 98 valence electrons. The van der Waals surface area contributed by atoms with Crippen LogP contribution < -0.4 is 5.46 Å². The zero-order chi connectivity index (χ0) is 20.3. The van der Waals surface area contributed by atoms with Gasteiger partial charge in [-0.25, -0.2) is 0 Å². The van der Waals surface area contributed by atoms with Crippen molar-refractivity contribution in [2.45, 2.75) is 59.0 Å². The minimum absolute atomic E-state index is 0.264. The molecule has 0 unspecified atom stereocenters. The minimum Gasteiger partial charge on any atom is -0.399 e. The number of aromatic nitrogens is 1. The quantitative estimate of drug-likeness (QED) is 0.759. The lowest BCUT2D eigenvalue weighted by atomic mass is 9.79. The van der Waals surface area contributed by atoms with Crippen LogP contribution in [0.2, 0.25) is 0 Å². The normalized spacial score (nSPS) is 30.1. The molecule has 18 heavy (non-hydrogen) atoms. The molecular formula is C14H22BNO2. The second kappa shape index (κ2) is 4.35. The molecule has 2 rings (SSSR count). The standard InChI is InChI=1S/C14H22BNO2/c1-7-11-8-12(9-16-10(11)2)15-17-13(3,4)14(5,6)18-15/h8-9H,7H2,1-6H3/i1D3,2D3,7D2. The Labute approximate surface area is 121 Å². The van der Waals surface area contributed by atoms with E-state index in [2.05, 4.69) is 4.98 Å². The average molecular weight is 255 g/mol. The SMILES string of the molecule is [2H]C([2H])([2H])c1ncc(B2OC(C)(C)C(C)(C)O2)cc1C([2H])([2H])C([2H])([2H])[2H]. The molecule has 0 N–H and O–H groups in total. The van der Waals surface area contributed by atoms with Crippen LogP contribution in [0.4, 0.5) is 0 Å². The Morgan fingerprint density at radius 2 is 2.00 bits per heavy atom. The van der Waals surface area contributed by atoms with Gasteiger partial charge in [0.15, 0.2) is 0 Å². The lowest BCUT2D eigenvalue weighted by Gasteiger charge is -2.32. The maximum Gasteiger partial charge on any atom is 0.496 e. The van der Waals surface area contributed by atoms with Crippen LogP contribution >= 0.6 is 0 Å². The van der Waals surface area contributed by atoms with Crippen LogP contribution in [0.15, 0.2) is 12.3 Å². The molecule has 1 aliphatic heterocycles. The van der Waals surface area contributed by atoms with Gasteiger partial charge >= 0.3 is 7.12 Å².